The van der Waals surface area contributed by atoms with Crippen LogP contribution in [-0.2, 0) is 0 Å². The van der Waals surface area contributed by atoms with Crippen LogP contribution in [0.3, 0.4) is 0 Å². The lowest BCUT2D eigenvalue weighted by molar-refractivity contribution is 0.647. The van der Waals surface area contributed by atoms with Gasteiger partial charge in [-0.15, -0.1) is 0 Å². The van der Waals surface area contributed by atoms with Gasteiger partial charge in [0.15, 0.2) is 5.82 Å². The molecular weight excluding hydrogens is 286 g/mol. The molecule has 0 radical (unpaired) electrons. The monoisotopic (exact) mass is 303 g/mol. The van der Waals surface area contributed by atoms with Gasteiger partial charge in [0.25, 0.3) is 0 Å². The maximum atomic E-state index is 6.09. The number of hydrogen-bond donors (Lipinski definition) is 1. The van der Waals surface area contributed by atoms with Crippen LogP contribution >= 0.6 is 11.6 Å². The molecule has 1 aromatic heterocycles. The third-order valence-corrected chi connectivity index (χ3v) is 3.96. The molecule has 2 aromatic rings. The van der Waals surface area contributed by atoms with Crippen LogP contribution in [0, 0.1) is 6.92 Å². The summed E-state index contributed by atoms with van der Waals surface area (Å²) in [6.07, 6.45) is 0. The van der Waals surface area contributed by atoms with Gasteiger partial charge in [-0.2, -0.15) is 4.98 Å². The number of para-hydroxylation sites is 1. The first-order chi connectivity index (χ1) is 10.1. The first-order valence-corrected chi connectivity index (χ1v) is 7.37. The number of nitrogens with zero attached hydrogens (tertiary/aromatic N) is 4. The molecule has 1 saturated heterocycles. The second-order valence-corrected chi connectivity index (χ2v) is 5.46. The Balaban J connectivity index is 1.74. The van der Waals surface area contributed by atoms with E-state index in [0.29, 0.717) is 5.69 Å². The van der Waals surface area contributed by atoms with Gasteiger partial charge < -0.3 is 15.5 Å². The Bertz CT molecular complexity index is 623. The van der Waals surface area contributed by atoms with E-state index in [2.05, 4.69) is 44.0 Å². The number of aromatic nitrogens is 2. The van der Waals surface area contributed by atoms with E-state index < -0.39 is 0 Å². The summed E-state index contributed by atoms with van der Waals surface area (Å²) in [6, 6.07) is 10.4. The predicted octanol–water partition coefficient (Wildman–Crippen LogP) is 2.35. The van der Waals surface area contributed by atoms with E-state index in [1.54, 1.807) is 0 Å². The quantitative estimate of drug-likeness (QED) is 0.863. The zero-order chi connectivity index (χ0) is 14.8. The maximum absolute atomic E-state index is 6.09. The van der Waals surface area contributed by atoms with Gasteiger partial charge in [-0.3, -0.25) is 0 Å². The summed E-state index contributed by atoms with van der Waals surface area (Å²) in [6.45, 7) is 5.46. The van der Waals surface area contributed by atoms with E-state index in [9.17, 15) is 0 Å². The highest BCUT2D eigenvalue weighted by Gasteiger charge is 2.21. The molecule has 2 N–H and O–H groups in total. The second kappa shape index (κ2) is 5.77. The van der Waals surface area contributed by atoms with Crippen molar-refractivity contribution in [1.29, 1.82) is 0 Å². The van der Waals surface area contributed by atoms with Crippen molar-refractivity contribution in [1.82, 2.24) is 9.97 Å². The molecule has 21 heavy (non-hydrogen) atoms. The molecule has 0 spiro atoms. The van der Waals surface area contributed by atoms with Crippen LogP contribution in [0.15, 0.2) is 30.3 Å². The van der Waals surface area contributed by atoms with Crippen molar-refractivity contribution >= 4 is 28.8 Å². The third-order valence-electron chi connectivity index (χ3n) is 3.79. The molecule has 0 aliphatic carbocycles. The van der Waals surface area contributed by atoms with Crippen molar-refractivity contribution < 1.29 is 0 Å². The van der Waals surface area contributed by atoms with Crippen LogP contribution in [0.25, 0.3) is 0 Å². The molecule has 0 unspecified atom stereocenters. The summed E-state index contributed by atoms with van der Waals surface area (Å²) in [5.41, 5.74) is 8.69. The average molecular weight is 304 g/mol. The van der Waals surface area contributed by atoms with Gasteiger partial charge in [-0.25, -0.2) is 4.98 Å². The SMILES string of the molecule is Cc1nc(Cl)nc(N2CCN(c3ccccc3)CC2)c1N. The fraction of sp³-hybridized carbons (Fsp3) is 0.333. The summed E-state index contributed by atoms with van der Waals surface area (Å²) < 4.78 is 0. The Kier molecular flexibility index (Phi) is 3.84. The molecule has 0 amide bonds. The van der Waals surface area contributed by atoms with Crippen LogP contribution in [-0.4, -0.2) is 36.1 Å². The first kappa shape index (κ1) is 13.9. The van der Waals surface area contributed by atoms with E-state index in [4.69, 9.17) is 17.3 Å². The Morgan fingerprint density at radius 3 is 2.29 bits per heavy atom. The molecule has 0 atom stereocenters. The van der Waals surface area contributed by atoms with Gasteiger partial charge in [0.05, 0.1) is 11.4 Å². The minimum absolute atomic E-state index is 0.252. The average Bonchev–Trinajstić information content (AvgIpc) is 2.52. The minimum Gasteiger partial charge on any atom is -0.394 e. The number of rotatable bonds is 2. The van der Waals surface area contributed by atoms with Crippen LogP contribution in [0.2, 0.25) is 5.28 Å². The number of piperazine rings is 1. The Hall–Kier alpha value is -2.01. The number of hydrogen-bond acceptors (Lipinski definition) is 5. The highest BCUT2D eigenvalue weighted by molar-refractivity contribution is 6.28. The molecule has 2 heterocycles. The van der Waals surface area contributed by atoms with E-state index in [1.807, 2.05) is 13.0 Å². The Morgan fingerprint density at radius 1 is 1.00 bits per heavy atom. The molecule has 5 nitrogen and oxygen atoms in total. The van der Waals surface area contributed by atoms with Crippen molar-refractivity contribution in [2.45, 2.75) is 6.92 Å². The molecule has 1 fully saturated rings. The third kappa shape index (κ3) is 2.88. The van der Waals surface area contributed by atoms with Gasteiger partial charge in [0, 0.05) is 31.9 Å². The molecule has 0 bridgehead atoms. The lowest BCUT2D eigenvalue weighted by Crippen LogP contribution is -2.47. The van der Waals surface area contributed by atoms with E-state index in [0.717, 1.165) is 37.7 Å². The molecule has 1 aliphatic rings. The maximum Gasteiger partial charge on any atom is 0.224 e. The van der Waals surface area contributed by atoms with Gasteiger partial charge in [0.1, 0.15) is 0 Å². The van der Waals surface area contributed by atoms with Crippen molar-refractivity contribution in [3.63, 3.8) is 0 Å². The predicted molar refractivity (Wildman–Crippen MR) is 87.1 cm³/mol. The standard InChI is InChI=1S/C15H18ClN5/c1-11-13(17)14(19-15(16)18-11)21-9-7-20(8-10-21)12-5-3-2-4-6-12/h2-6H,7-10,17H2,1H3. The van der Waals surface area contributed by atoms with Crippen molar-refractivity contribution in [3.8, 4) is 0 Å². The summed E-state index contributed by atoms with van der Waals surface area (Å²) >= 11 is 5.95. The van der Waals surface area contributed by atoms with Gasteiger partial charge in [0.2, 0.25) is 5.28 Å². The fourth-order valence-corrected chi connectivity index (χ4v) is 2.80. The van der Waals surface area contributed by atoms with E-state index in [-0.39, 0.29) is 5.28 Å². The second-order valence-electron chi connectivity index (χ2n) is 5.12. The van der Waals surface area contributed by atoms with Crippen LogP contribution in [0.1, 0.15) is 5.69 Å². The summed E-state index contributed by atoms with van der Waals surface area (Å²) in [7, 11) is 0. The van der Waals surface area contributed by atoms with Crippen molar-refractivity contribution in [3.05, 3.63) is 41.3 Å². The number of aryl methyl sites for hydroxylation is 1. The number of nitrogen functional groups attached to an aromatic ring is 1. The topological polar surface area (TPSA) is 58.3 Å². The number of nitrogens with two attached hydrogens (primary N) is 1. The molecule has 6 heteroatoms. The number of benzene rings is 1. The largest absolute Gasteiger partial charge is 0.394 e. The number of halogens is 1. The fourth-order valence-electron chi connectivity index (χ4n) is 2.59. The number of anilines is 3. The lowest BCUT2D eigenvalue weighted by atomic mass is 10.2. The minimum atomic E-state index is 0.252. The normalized spacial score (nSPS) is 15.3. The van der Waals surface area contributed by atoms with Crippen molar-refractivity contribution in [2.24, 2.45) is 0 Å². The summed E-state index contributed by atoms with van der Waals surface area (Å²) in [5, 5.41) is 0.252. The van der Waals surface area contributed by atoms with Crippen LogP contribution < -0.4 is 15.5 Å². The van der Waals surface area contributed by atoms with E-state index >= 15 is 0 Å². The van der Waals surface area contributed by atoms with Gasteiger partial charge >= 0.3 is 0 Å². The molecule has 3 rings (SSSR count). The molecule has 1 aromatic carbocycles. The molecule has 0 saturated carbocycles. The van der Waals surface area contributed by atoms with Gasteiger partial charge in [-0.1, -0.05) is 18.2 Å². The summed E-state index contributed by atoms with van der Waals surface area (Å²) in [5.74, 6) is 0.750. The highest BCUT2D eigenvalue weighted by Crippen LogP contribution is 2.26. The first-order valence-electron chi connectivity index (χ1n) is 6.99. The zero-order valence-electron chi connectivity index (χ0n) is 12.0. The molecule has 110 valence electrons. The van der Waals surface area contributed by atoms with Crippen LogP contribution in [0.5, 0.6) is 0 Å². The molecule has 1 aliphatic heterocycles. The summed E-state index contributed by atoms with van der Waals surface area (Å²) in [4.78, 5) is 12.9. The van der Waals surface area contributed by atoms with Gasteiger partial charge in [-0.05, 0) is 30.7 Å². The van der Waals surface area contributed by atoms with E-state index in [1.165, 1.54) is 5.69 Å². The van der Waals surface area contributed by atoms with Crippen molar-refractivity contribution in [2.75, 3.05) is 41.7 Å². The highest BCUT2D eigenvalue weighted by atomic mass is 35.5. The Morgan fingerprint density at radius 2 is 1.62 bits per heavy atom. The molecular formula is C15H18ClN5. The van der Waals surface area contributed by atoms with Crippen LogP contribution in [0.4, 0.5) is 17.2 Å². The Labute approximate surface area is 129 Å². The zero-order valence-corrected chi connectivity index (χ0v) is 12.7. The smallest absolute Gasteiger partial charge is 0.224 e. The lowest BCUT2D eigenvalue weighted by Gasteiger charge is -2.37.